The number of rotatable bonds is 12. The summed E-state index contributed by atoms with van der Waals surface area (Å²) in [5, 5.41) is 38.0. The highest BCUT2D eigenvalue weighted by molar-refractivity contribution is 7.31. The summed E-state index contributed by atoms with van der Waals surface area (Å²) in [4.78, 5) is 4.14. The van der Waals surface area contributed by atoms with Gasteiger partial charge < -0.3 is 24.6 Å². The van der Waals surface area contributed by atoms with E-state index < -0.39 is 35.9 Å². The van der Waals surface area contributed by atoms with Crippen molar-refractivity contribution >= 4 is 8.81 Å². The fraction of sp³-hybridized carbons (Fsp3) is 1.00. The van der Waals surface area contributed by atoms with Crippen LogP contribution in [0.2, 0.25) is 0 Å². The molecule has 4 unspecified atom stereocenters. The van der Waals surface area contributed by atoms with Gasteiger partial charge in [0.05, 0.1) is 24.9 Å². The lowest BCUT2D eigenvalue weighted by atomic mass is 9.78. The molecular formula is C14H31O7P. The molecule has 0 spiro atoms. The van der Waals surface area contributed by atoms with Gasteiger partial charge in [0.1, 0.15) is 12.2 Å². The number of aliphatic hydroxyl groups is 3. The van der Waals surface area contributed by atoms with Crippen molar-refractivity contribution in [1.29, 1.82) is 0 Å². The van der Waals surface area contributed by atoms with Crippen molar-refractivity contribution in [3.05, 3.63) is 0 Å². The minimum absolute atomic E-state index is 0.0823. The van der Waals surface area contributed by atoms with Crippen molar-refractivity contribution in [2.75, 3.05) is 26.5 Å². The van der Waals surface area contributed by atoms with Crippen LogP contribution in [0.25, 0.3) is 0 Å². The zero-order chi connectivity index (χ0) is 17.4. The first kappa shape index (κ1) is 22.1. The molecule has 0 aliphatic rings. The Bertz CT molecular complexity index is 289. The van der Waals surface area contributed by atoms with Crippen molar-refractivity contribution in [3.63, 3.8) is 0 Å². The van der Waals surface area contributed by atoms with Crippen molar-refractivity contribution < 1.29 is 34.7 Å². The quantitative estimate of drug-likeness (QED) is 0.181. The van der Waals surface area contributed by atoms with Crippen molar-refractivity contribution in [3.8, 4) is 0 Å². The van der Waals surface area contributed by atoms with E-state index in [1.165, 1.54) is 0 Å². The van der Waals surface area contributed by atoms with Crippen LogP contribution in [0.5, 0.6) is 0 Å². The molecule has 4 N–H and O–H groups in total. The predicted octanol–water partition coefficient (Wildman–Crippen LogP) is 1.01. The molecule has 22 heavy (non-hydrogen) atoms. The van der Waals surface area contributed by atoms with E-state index >= 15 is 0 Å². The van der Waals surface area contributed by atoms with Gasteiger partial charge in [-0.2, -0.15) is 0 Å². The van der Waals surface area contributed by atoms with Gasteiger partial charge in [0.25, 0.3) is 0 Å². The zero-order valence-electron chi connectivity index (χ0n) is 14.1. The summed E-state index contributed by atoms with van der Waals surface area (Å²) in [5.41, 5.74) is -1.31. The maximum absolute atomic E-state index is 10.1. The van der Waals surface area contributed by atoms with E-state index in [0.717, 1.165) is 0 Å². The molecule has 0 aromatic heterocycles. The first-order valence-electron chi connectivity index (χ1n) is 7.32. The molecule has 0 bridgehead atoms. The summed E-state index contributed by atoms with van der Waals surface area (Å²) >= 11 is 0. The first-order valence-corrected chi connectivity index (χ1v) is 8.73. The Morgan fingerprint density at radius 3 is 2.18 bits per heavy atom. The number of ether oxygens (including phenoxy) is 1. The van der Waals surface area contributed by atoms with Gasteiger partial charge in [-0.15, -0.1) is 0 Å². The van der Waals surface area contributed by atoms with E-state index in [4.69, 9.17) is 19.6 Å². The number of hydrogen-bond donors (Lipinski definition) is 4. The molecule has 0 fully saturated rings. The molecule has 8 heteroatoms. The van der Waals surface area contributed by atoms with Crippen molar-refractivity contribution in [2.45, 2.75) is 58.0 Å². The maximum Gasteiger partial charge on any atom is 0.145 e. The molecule has 0 radical (unpaired) electrons. The fourth-order valence-electron chi connectivity index (χ4n) is 1.61. The standard InChI is InChI=1S/C14H31O7P/c1-13(2,14(3,4)17)9-19-7-6-10(16)12(21-22-5)11(8-15)20-18/h10-12,15-18,22H,6-9H2,1-5H3. The lowest BCUT2D eigenvalue weighted by molar-refractivity contribution is -0.306. The van der Waals surface area contributed by atoms with Crippen molar-refractivity contribution in [1.82, 2.24) is 0 Å². The fourth-order valence-corrected chi connectivity index (χ4v) is 2.19. The Kier molecular flexibility index (Phi) is 10.2. The average Bonchev–Trinajstić information content (AvgIpc) is 2.42. The smallest absolute Gasteiger partial charge is 0.145 e. The van der Waals surface area contributed by atoms with Gasteiger partial charge in [-0.3, -0.25) is 5.26 Å². The minimum Gasteiger partial charge on any atom is -0.393 e. The second-order valence-electron chi connectivity index (χ2n) is 6.46. The van der Waals surface area contributed by atoms with Crippen LogP contribution in [-0.4, -0.2) is 71.0 Å². The molecule has 0 rings (SSSR count). The summed E-state index contributed by atoms with van der Waals surface area (Å²) in [5.74, 6) is 0. The number of hydrogen-bond acceptors (Lipinski definition) is 7. The Morgan fingerprint density at radius 2 is 1.77 bits per heavy atom. The summed E-state index contributed by atoms with van der Waals surface area (Å²) < 4.78 is 10.9. The Hall–Kier alpha value is 0.150. The van der Waals surface area contributed by atoms with Gasteiger partial charge in [0.2, 0.25) is 0 Å². The molecule has 7 nitrogen and oxygen atoms in total. The third-order valence-electron chi connectivity index (χ3n) is 3.99. The molecule has 0 aromatic rings. The highest BCUT2D eigenvalue weighted by Gasteiger charge is 2.35. The summed E-state index contributed by atoms with van der Waals surface area (Å²) in [6.45, 7) is 9.15. The van der Waals surface area contributed by atoms with Crippen LogP contribution in [0.15, 0.2) is 0 Å². The van der Waals surface area contributed by atoms with Crippen LogP contribution in [0.1, 0.15) is 34.1 Å². The minimum atomic E-state index is -1.00. The van der Waals surface area contributed by atoms with Crippen LogP contribution < -0.4 is 0 Å². The molecule has 0 aliphatic carbocycles. The summed E-state index contributed by atoms with van der Waals surface area (Å²) in [6, 6.07) is 0. The first-order chi connectivity index (χ1) is 10.1. The molecule has 0 aliphatic heterocycles. The van der Waals surface area contributed by atoms with E-state index in [1.807, 2.05) is 13.8 Å². The Labute approximate surface area is 134 Å². The lowest BCUT2D eigenvalue weighted by Gasteiger charge is -2.37. The van der Waals surface area contributed by atoms with E-state index in [9.17, 15) is 10.2 Å². The Morgan fingerprint density at radius 1 is 1.18 bits per heavy atom. The highest BCUT2D eigenvalue weighted by Crippen LogP contribution is 2.30. The molecule has 0 amide bonds. The van der Waals surface area contributed by atoms with Gasteiger partial charge in [-0.05, 0) is 26.9 Å². The van der Waals surface area contributed by atoms with Crippen LogP contribution in [-0.2, 0) is 14.1 Å². The summed E-state index contributed by atoms with van der Waals surface area (Å²) in [6.07, 6.45) is -2.52. The van der Waals surface area contributed by atoms with Gasteiger partial charge in [-0.1, -0.05) is 13.8 Å². The van der Waals surface area contributed by atoms with E-state index in [-0.39, 0.29) is 21.8 Å². The normalized spacial score (nSPS) is 17.9. The van der Waals surface area contributed by atoms with Gasteiger partial charge in [0.15, 0.2) is 0 Å². The van der Waals surface area contributed by atoms with E-state index in [0.29, 0.717) is 6.61 Å². The largest absolute Gasteiger partial charge is 0.393 e. The van der Waals surface area contributed by atoms with Crippen LogP contribution in [0, 0.1) is 5.41 Å². The molecule has 0 heterocycles. The number of aliphatic hydroxyl groups excluding tert-OH is 2. The maximum atomic E-state index is 10.1. The monoisotopic (exact) mass is 342 g/mol. The van der Waals surface area contributed by atoms with Gasteiger partial charge >= 0.3 is 0 Å². The van der Waals surface area contributed by atoms with E-state index in [2.05, 4.69) is 4.89 Å². The molecule has 4 atom stereocenters. The molecule has 0 saturated carbocycles. The second-order valence-corrected chi connectivity index (χ2v) is 7.11. The highest BCUT2D eigenvalue weighted by atomic mass is 31.1. The zero-order valence-corrected chi connectivity index (χ0v) is 15.1. The topological polar surface area (TPSA) is 109 Å². The third-order valence-corrected chi connectivity index (χ3v) is 4.50. The average molecular weight is 342 g/mol. The molecular weight excluding hydrogens is 311 g/mol. The van der Waals surface area contributed by atoms with Crippen LogP contribution in [0.4, 0.5) is 0 Å². The molecule has 0 saturated heterocycles. The van der Waals surface area contributed by atoms with E-state index in [1.54, 1.807) is 20.5 Å². The van der Waals surface area contributed by atoms with Gasteiger partial charge in [0, 0.05) is 20.8 Å². The second kappa shape index (κ2) is 10.1. The lowest BCUT2D eigenvalue weighted by Crippen LogP contribution is -2.43. The van der Waals surface area contributed by atoms with Crippen molar-refractivity contribution in [2.24, 2.45) is 5.41 Å². The van der Waals surface area contributed by atoms with Crippen LogP contribution in [0.3, 0.4) is 0 Å². The third kappa shape index (κ3) is 7.15. The molecule has 0 aromatic carbocycles. The van der Waals surface area contributed by atoms with Crippen LogP contribution >= 0.6 is 8.81 Å². The Balaban J connectivity index is 4.33. The predicted molar refractivity (Wildman–Crippen MR) is 85.2 cm³/mol. The molecule has 134 valence electrons. The van der Waals surface area contributed by atoms with Gasteiger partial charge in [-0.25, -0.2) is 4.89 Å². The summed E-state index contributed by atoms with van der Waals surface area (Å²) in [7, 11) is 0.0823. The SMILES string of the molecule is CPOC(C(O)CCOCC(C)(C)C(C)(C)O)C(CO)OO.